The number of alkyl halides is 3. The summed E-state index contributed by atoms with van der Waals surface area (Å²) < 4.78 is 47.9. The average Bonchev–Trinajstić information content (AvgIpc) is 2.86. The van der Waals surface area contributed by atoms with Gasteiger partial charge in [0.15, 0.2) is 5.69 Å². The van der Waals surface area contributed by atoms with Crippen molar-refractivity contribution in [2.24, 2.45) is 0 Å². The molecule has 0 amide bonds. The van der Waals surface area contributed by atoms with Crippen LogP contribution in [0.1, 0.15) is 30.5 Å². The predicted octanol–water partition coefficient (Wildman–Crippen LogP) is 4.37. The summed E-state index contributed by atoms with van der Waals surface area (Å²) in [5.41, 5.74) is -0.132. The van der Waals surface area contributed by atoms with Crippen molar-refractivity contribution in [3.8, 4) is 16.7 Å². The molecule has 0 radical (unpaired) electrons. The molecule has 1 atom stereocenters. The quantitative estimate of drug-likeness (QED) is 0.606. The van der Waals surface area contributed by atoms with Crippen LogP contribution in [0.4, 0.5) is 13.2 Å². The summed E-state index contributed by atoms with van der Waals surface area (Å²) in [5.74, 6) is 0.324. The van der Waals surface area contributed by atoms with Gasteiger partial charge >= 0.3 is 12.1 Å². The summed E-state index contributed by atoms with van der Waals surface area (Å²) in [5, 5.41) is 0.762. The van der Waals surface area contributed by atoms with E-state index in [-0.39, 0.29) is 22.8 Å². The van der Waals surface area contributed by atoms with Crippen LogP contribution in [-0.2, 0) is 11.0 Å². The third-order valence-corrected chi connectivity index (χ3v) is 3.91. The summed E-state index contributed by atoms with van der Waals surface area (Å²) in [7, 11) is 0. The molecule has 22 heavy (non-hydrogen) atoms. The lowest BCUT2D eigenvalue weighted by molar-refractivity contribution is -0.141. The average molecular weight is 329 g/mol. The molecule has 0 bridgehead atoms. The Morgan fingerprint density at radius 3 is 2.86 bits per heavy atom. The minimum absolute atomic E-state index is 0.0296. The number of aromatic nitrogens is 1. The van der Waals surface area contributed by atoms with Gasteiger partial charge in [0.05, 0.1) is 6.42 Å². The summed E-state index contributed by atoms with van der Waals surface area (Å²) in [6.45, 7) is 1.90. The third-order valence-electron chi connectivity index (χ3n) is 3.19. The third kappa shape index (κ3) is 2.92. The molecule has 1 aromatic carbocycles. The molecule has 2 aromatic rings. The molecule has 0 spiro atoms. The molecule has 1 aliphatic rings. The van der Waals surface area contributed by atoms with Crippen LogP contribution in [0.5, 0.6) is 16.7 Å². The fraction of sp³-hybridized carbons (Fsp3) is 0.286. The first-order valence-corrected chi connectivity index (χ1v) is 7.26. The Hall–Kier alpha value is -2.09. The Labute approximate surface area is 127 Å². The summed E-state index contributed by atoms with van der Waals surface area (Å²) >= 11 is 0.749. The zero-order valence-corrected chi connectivity index (χ0v) is 12.1. The molecule has 8 heteroatoms. The van der Waals surface area contributed by atoms with E-state index in [4.69, 9.17) is 9.47 Å². The standard InChI is InChI=1S/C14H10F3NO3S/c1-7-4-12(19)21-10-5-8(2-3-9(7)10)20-13-18-11(6-22-13)14(15,16)17/h2-3,5-7H,4H2,1H3. The van der Waals surface area contributed by atoms with Crippen LogP contribution in [0, 0.1) is 0 Å². The van der Waals surface area contributed by atoms with E-state index < -0.39 is 11.9 Å². The second-order valence-corrected chi connectivity index (χ2v) is 5.70. The number of halogens is 3. The van der Waals surface area contributed by atoms with Crippen molar-refractivity contribution in [3.63, 3.8) is 0 Å². The first-order valence-electron chi connectivity index (χ1n) is 6.38. The number of rotatable bonds is 2. The molecule has 0 aliphatic carbocycles. The van der Waals surface area contributed by atoms with Crippen molar-refractivity contribution in [2.45, 2.75) is 25.4 Å². The van der Waals surface area contributed by atoms with Gasteiger partial charge in [0.1, 0.15) is 11.5 Å². The van der Waals surface area contributed by atoms with Crippen LogP contribution >= 0.6 is 11.3 Å². The minimum Gasteiger partial charge on any atom is -0.431 e. The monoisotopic (exact) mass is 329 g/mol. The highest BCUT2D eigenvalue weighted by atomic mass is 32.1. The molecule has 4 nitrogen and oxygen atoms in total. The lowest BCUT2D eigenvalue weighted by atomic mass is 9.95. The number of ether oxygens (including phenoxy) is 2. The fourth-order valence-electron chi connectivity index (χ4n) is 2.13. The van der Waals surface area contributed by atoms with E-state index in [0.717, 1.165) is 22.3 Å². The first kappa shape index (κ1) is 14.8. The van der Waals surface area contributed by atoms with Crippen LogP contribution in [0.2, 0.25) is 0 Å². The van der Waals surface area contributed by atoms with Crippen LogP contribution in [0.25, 0.3) is 0 Å². The largest absolute Gasteiger partial charge is 0.434 e. The smallest absolute Gasteiger partial charge is 0.431 e. The number of carbonyl (C=O) groups is 1. The molecule has 3 rings (SSSR count). The van der Waals surface area contributed by atoms with E-state index in [2.05, 4.69) is 4.98 Å². The number of hydrogen-bond acceptors (Lipinski definition) is 5. The maximum absolute atomic E-state index is 12.5. The van der Waals surface area contributed by atoms with Crippen molar-refractivity contribution in [2.75, 3.05) is 0 Å². The molecule has 0 fully saturated rings. The van der Waals surface area contributed by atoms with Crippen LogP contribution in [0.3, 0.4) is 0 Å². The lowest BCUT2D eigenvalue weighted by Gasteiger charge is -2.21. The van der Waals surface area contributed by atoms with E-state index in [1.807, 2.05) is 6.92 Å². The van der Waals surface area contributed by atoms with Crippen LogP contribution < -0.4 is 9.47 Å². The van der Waals surface area contributed by atoms with Crippen molar-refractivity contribution < 1.29 is 27.4 Å². The van der Waals surface area contributed by atoms with Crippen LogP contribution in [-0.4, -0.2) is 11.0 Å². The number of esters is 1. The van der Waals surface area contributed by atoms with Gasteiger partial charge in [-0.25, -0.2) is 0 Å². The maximum atomic E-state index is 12.5. The molecule has 116 valence electrons. The zero-order valence-electron chi connectivity index (χ0n) is 11.3. The zero-order chi connectivity index (χ0) is 15.9. The van der Waals surface area contributed by atoms with Gasteiger partial charge in [-0.3, -0.25) is 4.79 Å². The van der Waals surface area contributed by atoms with Gasteiger partial charge < -0.3 is 9.47 Å². The highest BCUT2D eigenvalue weighted by Gasteiger charge is 2.34. The Morgan fingerprint density at radius 2 is 2.18 bits per heavy atom. The van der Waals surface area contributed by atoms with Gasteiger partial charge in [0.2, 0.25) is 0 Å². The number of hydrogen-bond donors (Lipinski definition) is 0. The Balaban J connectivity index is 1.83. The van der Waals surface area contributed by atoms with Crippen LogP contribution in [0.15, 0.2) is 23.6 Å². The van der Waals surface area contributed by atoms with E-state index in [1.54, 1.807) is 12.1 Å². The molecule has 0 saturated carbocycles. The second kappa shape index (κ2) is 5.28. The number of carbonyl (C=O) groups excluding carboxylic acids is 1. The first-order chi connectivity index (χ1) is 10.3. The second-order valence-electron chi connectivity index (χ2n) is 4.88. The Kier molecular flexibility index (Phi) is 3.56. The van der Waals surface area contributed by atoms with Crippen molar-refractivity contribution in [1.82, 2.24) is 4.98 Å². The summed E-state index contributed by atoms with van der Waals surface area (Å²) in [6, 6.07) is 4.83. The van der Waals surface area contributed by atoms with Gasteiger partial charge in [0.25, 0.3) is 5.19 Å². The number of thiazole rings is 1. The molecular weight excluding hydrogens is 319 g/mol. The molecule has 2 heterocycles. The molecule has 1 unspecified atom stereocenters. The van der Waals surface area contributed by atoms with E-state index in [1.165, 1.54) is 6.07 Å². The van der Waals surface area contributed by atoms with Gasteiger partial charge in [-0.05, 0) is 17.5 Å². The number of benzene rings is 1. The number of fused-ring (bicyclic) bond motifs is 1. The van der Waals surface area contributed by atoms with Gasteiger partial charge in [-0.2, -0.15) is 18.2 Å². The molecular formula is C14H10F3NO3S. The predicted molar refractivity (Wildman–Crippen MR) is 72.3 cm³/mol. The maximum Gasteiger partial charge on any atom is 0.434 e. The molecule has 1 aromatic heterocycles. The Bertz CT molecular complexity index is 726. The summed E-state index contributed by atoms with van der Waals surface area (Å²) in [4.78, 5) is 14.8. The molecule has 0 saturated heterocycles. The topological polar surface area (TPSA) is 48.4 Å². The van der Waals surface area contributed by atoms with E-state index >= 15 is 0 Å². The van der Waals surface area contributed by atoms with Crippen molar-refractivity contribution in [3.05, 3.63) is 34.8 Å². The minimum atomic E-state index is -4.50. The fourth-order valence-corrected chi connectivity index (χ4v) is 2.83. The number of nitrogens with zero attached hydrogens (tertiary/aromatic N) is 1. The van der Waals surface area contributed by atoms with Gasteiger partial charge in [-0.15, -0.1) is 0 Å². The lowest BCUT2D eigenvalue weighted by Crippen LogP contribution is -2.18. The highest BCUT2D eigenvalue weighted by molar-refractivity contribution is 7.11. The molecule has 1 aliphatic heterocycles. The van der Waals surface area contributed by atoms with E-state index in [9.17, 15) is 18.0 Å². The summed E-state index contributed by atoms with van der Waals surface area (Å²) in [6.07, 6.45) is -4.20. The highest BCUT2D eigenvalue weighted by Crippen LogP contribution is 2.39. The Morgan fingerprint density at radius 1 is 1.41 bits per heavy atom. The van der Waals surface area contributed by atoms with Gasteiger partial charge in [-0.1, -0.05) is 24.3 Å². The normalized spacial score (nSPS) is 17.8. The van der Waals surface area contributed by atoms with E-state index in [0.29, 0.717) is 12.2 Å². The van der Waals surface area contributed by atoms with Crippen molar-refractivity contribution >= 4 is 17.3 Å². The van der Waals surface area contributed by atoms with Crippen molar-refractivity contribution in [1.29, 1.82) is 0 Å². The molecule has 0 N–H and O–H groups in total. The van der Waals surface area contributed by atoms with Gasteiger partial charge in [0, 0.05) is 11.4 Å². The SMILES string of the molecule is CC1CC(=O)Oc2cc(Oc3nc(C(F)(F)F)cs3)ccc21.